The summed E-state index contributed by atoms with van der Waals surface area (Å²) < 4.78 is 0. The number of nitrogens with one attached hydrogen (secondary N) is 2. The highest BCUT2D eigenvalue weighted by molar-refractivity contribution is 7.99. The number of carbonyl (C=O) groups excluding carboxylic acids is 2. The maximum absolute atomic E-state index is 12.4. The van der Waals surface area contributed by atoms with Crippen LogP contribution in [0.2, 0.25) is 0 Å². The molecule has 4 N–H and O–H groups in total. The molecule has 0 aliphatic heterocycles. The van der Waals surface area contributed by atoms with E-state index in [2.05, 4.69) is 27.4 Å². The lowest BCUT2D eigenvalue weighted by molar-refractivity contribution is -0.113. The third-order valence-electron chi connectivity index (χ3n) is 4.56. The van der Waals surface area contributed by atoms with Crippen LogP contribution in [-0.2, 0) is 17.6 Å². The number of amides is 2. The average molecular weight is 434 g/mol. The minimum absolute atomic E-state index is 0.152. The molecule has 28 heavy (non-hydrogen) atoms. The summed E-state index contributed by atoms with van der Waals surface area (Å²) in [7, 11) is 0. The van der Waals surface area contributed by atoms with Crippen LogP contribution < -0.4 is 11.1 Å². The first-order valence-corrected chi connectivity index (χ1v) is 11.5. The van der Waals surface area contributed by atoms with E-state index in [4.69, 9.17) is 5.73 Å². The van der Waals surface area contributed by atoms with Gasteiger partial charge in [-0.15, -0.1) is 27.8 Å². The van der Waals surface area contributed by atoms with E-state index in [1.165, 1.54) is 23.1 Å². The molecule has 3 aromatic rings. The predicted octanol–water partition coefficient (Wildman–Crippen LogP) is 3.55. The number of H-pyrrole nitrogens is 1. The van der Waals surface area contributed by atoms with Crippen molar-refractivity contribution in [3.63, 3.8) is 0 Å². The van der Waals surface area contributed by atoms with Crippen molar-refractivity contribution in [1.29, 1.82) is 0 Å². The Bertz CT molecular complexity index is 1010. The minimum Gasteiger partial charge on any atom is -0.365 e. The predicted molar refractivity (Wildman–Crippen MR) is 113 cm³/mol. The monoisotopic (exact) mass is 433 g/mol. The van der Waals surface area contributed by atoms with Gasteiger partial charge >= 0.3 is 0 Å². The normalized spacial score (nSPS) is 16.0. The maximum atomic E-state index is 12.4. The molecule has 0 saturated heterocycles. The first kappa shape index (κ1) is 19.2. The second-order valence-electron chi connectivity index (χ2n) is 6.70. The van der Waals surface area contributed by atoms with Crippen LogP contribution in [0, 0.1) is 5.92 Å². The summed E-state index contributed by atoms with van der Waals surface area (Å²) in [5.74, 6) is 0.730. The number of hydrogen-bond acceptors (Lipinski definition) is 7. The Labute approximate surface area is 174 Å². The molecule has 0 fully saturated rings. The summed E-state index contributed by atoms with van der Waals surface area (Å²) in [6, 6.07) is 3.90. The molecule has 2 amide bonds. The lowest BCUT2D eigenvalue weighted by Crippen LogP contribution is -2.20. The van der Waals surface area contributed by atoms with Crippen LogP contribution >= 0.6 is 34.4 Å². The topological polar surface area (TPSA) is 114 Å². The molecular formula is C18H19N5O2S3. The van der Waals surface area contributed by atoms with E-state index in [1.807, 2.05) is 17.5 Å². The van der Waals surface area contributed by atoms with Crippen LogP contribution in [0.5, 0.6) is 0 Å². The first-order valence-electron chi connectivity index (χ1n) is 8.84. The quantitative estimate of drug-likeness (QED) is 0.515. The molecule has 3 heterocycles. The smallest absolute Gasteiger partial charge is 0.251 e. The number of nitrogens with two attached hydrogens (primary N) is 1. The van der Waals surface area contributed by atoms with Gasteiger partial charge in [0.2, 0.25) is 11.1 Å². The Morgan fingerprint density at radius 2 is 2.32 bits per heavy atom. The second kappa shape index (κ2) is 8.06. The van der Waals surface area contributed by atoms with Gasteiger partial charge in [0.15, 0.2) is 5.82 Å². The number of thiophene rings is 2. The van der Waals surface area contributed by atoms with Crippen molar-refractivity contribution in [2.75, 3.05) is 11.1 Å². The van der Waals surface area contributed by atoms with Crippen molar-refractivity contribution in [2.24, 2.45) is 11.7 Å². The summed E-state index contributed by atoms with van der Waals surface area (Å²) in [5, 5.41) is 12.9. The fraction of sp³-hybridized carbons (Fsp3) is 0.333. The molecule has 1 aliphatic carbocycles. The molecule has 0 unspecified atom stereocenters. The number of anilines is 1. The number of hydrogen-bond donors (Lipinski definition) is 3. The molecule has 3 aromatic heterocycles. The Balaban J connectivity index is 1.42. The van der Waals surface area contributed by atoms with Crippen LogP contribution in [0.4, 0.5) is 5.00 Å². The zero-order chi connectivity index (χ0) is 19.7. The Hall–Kier alpha value is -2.17. The zero-order valence-electron chi connectivity index (χ0n) is 15.2. The molecule has 1 atom stereocenters. The number of aromatic amines is 1. The summed E-state index contributed by atoms with van der Waals surface area (Å²) in [4.78, 5) is 30.9. The fourth-order valence-corrected chi connectivity index (χ4v) is 5.92. The number of thioether (sulfide) groups is 1. The molecule has 0 saturated carbocycles. The van der Waals surface area contributed by atoms with Crippen LogP contribution in [0.1, 0.15) is 34.1 Å². The van der Waals surface area contributed by atoms with Crippen molar-refractivity contribution in [2.45, 2.75) is 31.3 Å². The highest BCUT2D eigenvalue weighted by atomic mass is 32.2. The Morgan fingerprint density at radius 1 is 1.46 bits per heavy atom. The molecule has 0 bridgehead atoms. The highest BCUT2D eigenvalue weighted by Crippen LogP contribution is 2.39. The van der Waals surface area contributed by atoms with Crippen molar-refractivity contribution in [3.8, 4) is 10.7 Å². The van der Waals surface area contributed by atoms with E-state index in [-0.39, 0.29) is 11.7 Å². The third-order valence-corrected chi connectivity index (χ3v) is 7.46. The summed E-state index contributed by atoms with van der Waals surface area (Å²) in [6.45, 7) is 2.20. The Morgan fingerprint density at radius 3 is 3.07 bits per heavy atom. The number of carbonyl (C=O) groups is 2. The van der Waals surface area contributed by atoms with E-state index >= 15 is 0 Å². The molecule has 146 valence electrons. The highest BCUT2D eigenvalue weighted by Gasteiger charge is 2.27. The summed E-state index contributed by atoms with van der Waals surface area (Å²) in [5.41, 5.74) is 7.08. The number of rotatable bonds is 6. The van der Waals surface area contributed by atoms with Gasteiger partial charge in [0.05, 0.1) is 16.2 Å². The van der Waals surface area contributed by atoms with Gasteiger partial charge in [0, 0.05) is 4.88 Å². The lowest BCUT2D eigenvalue weighted by Gasteiger charge is -2.18. The van der Waals surface area contributed by atoms with E-state index < -0.39 is 5.91 Å². The molecular weight excluding hydrogens is 414 g/mol. The third kappa shape index (κ3) is 3.98. The Kier molecular flexibility index (Phi) is 5.51. The number of fused-ring (bicyclic) bond motifs is 1. The largest absolute Gasteiger partial charge is 0.365 e. The van der Waals surface area contributed by atoms with Crippen LogP contribution in [0.3, 0.4) is 0 Å². The van der Waals surface area contributed by atoms with Gasteiger partial charge in [-0.25, -0.2) is 4.98 Å². The molecule has 0 aromatic carbocycles. The van der Waals surface area contributed by atoms with Gasteiger partial charge in [-0.2, -0.15) is 0 Å². The first-order chi connectivity index (χ1) is 13.5. The van der Waals surface area contributed by atoms with Gasteiger partial charge in [0.25, 0.3) is 5.91 Å². The van der Waals surface area contributed by atoms with Crippen molar-refractivity contribution >= 4 is 51.3 Å². The second-order valence-corrected chi connectivity index (χ2v) is 9.70. The van der Waals surface area contributed by atoms with Gasteiger partial charge in [-0.1, -0.05) is 24.8 Å². The zero-order valence-corrected chi connectivity index (χ0v) is 17.6. The molecule has 7 nitrogen and oxygen atoms in total. The van der Waals surface area contributed by atoms with E-state index in [9.17, 15) is 9.59 Å². The molecule has 0 radical (unpaired) electrons. The van der Waals surface area contributed by atoms with Gasteiger partial charge < -0.3 is 11.1 Å². The van der Waals surface area contributed by atoms with Crippen LogP contribution in [0.15, 0.2) is 22.7 Å². The van der Waals surface area contributed by atoms with E-state index in [0.717, 1.165) is 34.6 Å². The average Bonchev–Trinajstić information content (AvgIpc) is 3.38. The summed E-state index contributed by atoms with van der Waals surface area (Å²) in [6.07, 6.45) is 2.79. The number of nitrogens with zero attached hydrogens (tertiary/aromatic N) is 2. The van der Waals surface area contributed by atoms with Crippen molar-refractivity contribution < 1.29 is 9.59 Å². The maximum Gasteiger partial charge on any atom is 0.251 e. The van der Waals surface area contributed by atoms with Crippen LogP contribution in [-0.4, -0.2) is 32.7 Å². The number of aromatic nitrogens is 3. The van der Waals surface area contributed by atoms with E-state index in [0.29, 0.717) is 27.5 Å². The van der Waals surface area contributed by atoms with Crippen LogP contribution in [0.25, 0.3) is 10.7 Å². The van der Waals surface area contributed by atoms with E-state index in [1.54, 1.807) is 11.3 Å². The molecule has 4 rings (SSSR count). The number of primary amides is 1. The standard InChI is InChI=1S/C18H19N5O2S3/c1-9-4-5-10-12(7-9)28-17(14(10)15(19)25)20-13(24)8-27-18-21-16(22-23-18)11-3-2-6-26-11/h2-3,6,9H,4-5,7-8H2,1H3,(H2,19,25)(H,20,24)(H,21,22,23)/t9-/m1/s1. The minimum atomic E-state index is -0.482. The fourth-order valence-electron chi connectivity index (χ4n) is 3.23. The molecule has 1 aliphatic rings. The van der Waals surface area contributed by atoms with Crippen molar-refractivity contribution in [1.82, 2.24) is 15.2 Å². The molecule has 10 heteroatoms. The van der Waals surface area contributed by atoms with Gasteiger partial charge in [-0.05, 0) is 42.2 Å². The van der Waals surface area contributed by atoms with Crippen molar-refractivity contribution in [3.05, 3.63) is 33.5 Å². The van der Waals surface area contributed by atoms with Gasteiger partial charge in [0.1, 0.15) is 5.00 Å². The SMILES string of the molecule is C[C@@H]1CCc2c(sc(NC(=O)CSc3n[nH]c(-c4cccs4)n3)c2C(N)=O)C1. The van der Waals surface area contributed by atoms with Gasteiger partial charge in [-0.3, -0.25) is 14.7 Å². The lowest BCUT2D eigenvalue weighted by atomic mass is 9.88. The summed E-state index contributed by atoms with van der Waals surface area (Å²) >= 11 is 4.28. The molecule has 0 spiro atoms.